The van der Waals surface area contributed by atoms with Gasteiger partial charge < -0.3 is 19.3 Å². The third-order valence-electron chi connectivity index (χ3n) is 5.54. The molecule has 2 aromatic carbocycles. The first-order chi connectivity index (χ1) is 14.8. The molecule has 0 spiro atoms. The molecule has 164 valence electrons. The lowest BCUT2D eigenvalue weighted by molar-refractivity contribution is 0.312. The summed E-state index contributed by atoms with van der Waals surface area (Å²) in [5, 5.41) is 1.18. The number of benzene rings is 2. The summed E-state index contributed by atoms with van der Waals surface area (Å²) in [4.78, 5) is 9.14. The van der Waals surface area contributed by atoms with Crippen LogP contribution in [0.3, 0.4) is 0 Å². The molecule has 1 aliphatic rings. The molecule has 1 fully saturated rings. The summed E-state index contributed by atoms with van der Waals surface area (Å²) in [6, 6.07) is 9.76. The van der Waals surface area contributed by atoms with Crippen molar-refractivity contribution in [1.82, 2.24) is 9.88 Å². The number of hydrogen-bond acceptors (Lipinski definition) is 7. The van der Waals surface area contributed by atoms with Gasteiger partial charge in [-0.15, -0.1) is 0 Å². The summed E-state index contributed by atoms with van der Waals surface area (Å²) in [5.41, 5.74) is 1.27. The van der Waals surface area contributed by atoms with Gasteiger partial charge in [-0.1, -0.05) is 11.6 Å². The van der Waals surface area contributed by atoms with Gasteiger partial charge in [-0.25, -0.2) is 8.42 Å². The van der Waals surface area contributed by atoms with Crippen molar-refractivity contribution in [2.45, 2.75) is 9.79 Å². The van der Waals surface area contributed by atoms with Crippen LogP contribution in [0.5, 0.6) is 11.5 Å². The number of methoxy groups -OCH3 is 2. The number of halogens is 1. The Morgan fingerprint density at radius 2 is 1.58 bits per heavy atom. The Labute approximate surface area is 187 Å². The Bertz CT molecular complexity index is 1210. The third-order valence-corrected chi connectivity index (χ3v) is 7.57. The molecule has 0 bridgehead atoms. The van der Waals surface area contributed by atoms with Crippen molar-refractivity contribution >= 4 is 38.0 Å². The number of pyridine rings is 1. The molecule has 0 amide bonds. The van der Waals surface area contributed by atoms with E-state index in [4.69, 9.17) is 21.1 Å². The SMILES string of the molecule is COc1cc2ncc(S(=O)(=O)c3ccc(Cl)cc3)c(N3CCN(C)CC3)c2cc1OC. The Kier molecular flexibility index (Phi) is 5.96. The average Bonchev–Trinajstić information content (AvgIpc) is 2.78. The van der Waals surface area contributed by atoms with Crippen molar-refractivity contribution in [3.05, 3.63) is 47.6 Å². The highest BCUT2D eigenvalue weighted by Crippen LogP contribution is 2.40. The maximum atomic E-state index is 13.6. The van der Waals surface area contributed by atoms with Gasteiger partial charge in [-0.2, -0.15) is 0 Å². The fourth-order valence-corrected chi connectivity index (χ4v) is 5.34. The van der Waals surface area contributed by atoms with Crippen molar-refractivity contribution < 1.29 is 17.9 Å². The van der Waals surface area contributed by atoms with Gasteiger partial charge in [0.25, 0.3) is 0 Å². The van der Waals surface area contributed by atoms with Crippen LogP contribution in [-0.4, -0.2) is 65.7 Å². The Balaban J connectivity index is 1.98. The normalized spacial score (nSPS) is 15.3. The van der Waals surface area contributed by atoms with Gasteiger partial charge in [-0.05, 0) is 37.4 Å². The molecule has 0 saturated carbocycles. The molecule has 3 aromatic rings. The number of ether oxygens (including phenoxy) is 2. The van der Waals surface area contributed by atoms with E-state index < -0.39 is 9.84 Å². The first-order valence-corrected chi connectivity index (χ1v) is 11.7. The van der Waals surface area contributed by atoms with E-state index in [0.29, 0.717) is 46.2 Å². The van der Waals surface area contributed by atoms with Gasteiger partial charge in [0.05, 0.1) is 30.3 Å². The van der Waals surface area contributed by atoms with Gasteiger partial charge in [0, 0.05) is 48.9 Å². The van der Waals surface area contributed by atoms with E-state index in [9.17, 15) is 8.42 Å². The number of anilines is 1. The highest BCUT2D eigenvalue weighted by molar-refractivity contribution is 7.91. The maximum absolute atomic E-state index is 13.6. The van der Waals surface area contributed by atoms with E-state index in [0.717, 1.165) is 13.1 Å². The van der Waals surface area contributed by atoms with E-state index in [-0.39, 0.29) is 9.79 Å². The van der Waals surface area contributed by atoms with E-state index in [2.05, 4.69) is 21.8 Å². The second-order valence-electron chi connectivity index (χ2n) is 7.44. The van der Waals surface area contributed by atoms with E-state index in [1.165, 1.54) is 18.3 Å². The zero-order chi connectivity index (χ0) is 22.2. The quantitative estimate of drug-likeness (QED) is 0.575. The Morgan fingerprint density at radius 3 is 2.19 bits per heavy atom. The molecule has 0 radical (unpaired) electrons. The predicted octanol–water partition coefficient (Wildman–Crippen LogP) is 3.49. The van der Waals surface area contributed by atoms with Crippen LogP contribution in [0.2, 0.25) is 5.02 Å². The molecule has 2 heterocycles. The van der Waals surface area contributed by atoms with Crippen LogP contribution in [0, 0.1) is 0 Å². The lowest BCUT2D eigenvalue weighted by Crippen LogP contribution is -2.45. The van der Waals surface area contributed by atoms with Gasteiger partial charge in [0.15, 0.2) is 11.5 Å². The molecule has 1 saturated heterocycles. The van der Waals surface area contributed by atoms with Crippen LogP contribution in [0.15, 0.2) is 52.4 Å². The van der Waals surface area contributed by atoms with Crippen LogP contribution in [-0.2, 0) is 9.84 Å². The highest BCUT2D eigenvalue weighted by Gasteiger charge is 2.29. The molecule has 7 nitrogen and oxygen atoms in total. The summed E-state index contributed by atoms with van der Waals surface area (Å²) in [5.74, 6) is 1.06. The predicted molar refractivity (Wildman–Crippen MR) is 121 cm³/mol. The van der Waals surface area contributed by atoms with Crippen molar-refractivity contribution in [2.24, 2.45) is 0 Å². The monoisotopic (exact) mass is 461 g/mol. The molecule has 4 rings (SSSR count). The minimum Gasteiger partial charge on any atom is -0.493 e. The standard InChI is InChI=1S/C22H24ClN3O4S/c1-25-8-10-26(11-9-25)22-17-12-19(29-2)20(30-3)13-18(17)24-14-21(22)31(27,28)16-6-4-15(23)5-7-16/h4-7,12-14H,8-11H2,1-3H3. The maximum Gasteiger partial charge on any atom is 0.210 e. The molecule has 0 N–H and O–H groups in total. The van der Waals surface area contributed by atoms with Crippen molar-refractivity contribution in [3.63, 3.8) is 0 Å². The van der Waals surface area contributed by atoms with Gasteiger partial charge in [-0.3, -0.25) is 4.98 Å². The lowest BCUT2D eigenvalue weighted by Gasteiger charge is -2.35. The minimum atomic E-state index is -3.82. The second kappa shape index (κ2) is 8.53. The number of hydrogen-bond donors (Lipinski definition) is 0. The molecule has 1 aromatic heterocycles. The summed E-state index contributed by atoms with van der Waals surface area (Å²) < 4.78 is 38.1. The smallest absolute Gasteiger partial charge is 0.210 e. The number of likely N-dealkylation sites (N-methyl/N-ethyl adjacent to an activating group) is 1. The second-order valence-corrected chi connectivity index (χ2v) is 9.80. The number of fused-ring (bicyclic) bond motifs is 1. The van der Waals surface area contributed by atoms with Gasteiger partial charge in [0.1, 0.15) is 4.90 Å². The molecule has 0 aliphatic carbocycles. The fourth-order valence-electron chi connectivity index (χ4n) is 3.78. The number of piperazine rings is 1. The Morgan fingerprint density at radius 1 is 0.968 bits per heavy atom. The highest BCUT2D eigenvalue weighted by atomic mass is 35.5. The number of aromatic nitrogens is 1. The molecular weight excluding hydrogens is 438 g/mol. The largest absolute Gasteiger partial charge is 0.493 e. The van der Waals surface area contributed by atoms with E-state index in [1.54, 1.807) is 38.5 Å². The van der Waals surface area contributed by atoms with Gasteiger partial charge >= 0.3 is 0 Å². The van der Waals surface area contributed by atoms with Crippen LogP contribution in [0.4, 0.5) is 5.69 Å². The lowest BCUT2D eigenvalue weighted by atomic mass is 10.1. The average molecular weight is 462 g/mol. The zero-order valence-corrected chi connectivity index (χ0v) is 19.2. The van der Waals surface area contributed by atoms with Crippen LogP contribution in [0.25, 0.3) is 10.9 Å². The fraction of sp³-hybridized carbons (Fsp3) is 0.318. The first-order valence-electron chi connectivity index (χ1n) is 9.84. The van der Waals surface area contributed by atoms with Crippen LogP contribution < -0.4 is 14.4 Å². The number of nitrogens with zero attached hydrogens (tertiary/aromatic N) is 3. The summed E-state index contributed by atoms with van der Waals surface area (Å²) in [7, 11) is 1.35. The Hall–Kier alpha value is -2.55. The summed E-state index contributed by atoms with van der Waals surface area (Å²) in [6.45, 7) is 3.06. The topological polar surface area (TPSA) is 72.0 Å². The molecule has 0 unspecified atom stereocenters. The molecule has 31 heavy (non-hydrogen) atoms. The van der Waals surface area contributed by atoms with Crippen molar-refractivity contribution in [1.29, 1.82) is 0 Å². The third kappa shape index (κ3) is 4.03. The van der Waals surface area contributed by atoms with Crippen molar-refractivity contribution in [3.8, 4) is 11.5 Å². The first kappa shape index (κ1) is 21.7. The van der Waals surface area contributed by atoms with Crippen molar-refractivity contribution in [2.75, 3.05) is 52.3 Å². The summed E-state index contributed by atoms with van der Waals surface area (Å²) in [6.07, 6.45) is 1.44. The van der Waals surface area contributed by atoms with Crippen LogP contribution in [0.1, 0.15) is 0 Å². The summed E-state index contributed by atoms with van der Waals surface area (Å²) >= 11 is 5.97. The molecule has 0 atom stereocenters. The number of rotatable bonds is 5. The molecule has 9 heteroatoms. The minimum absolute atomic E-state index is 0.166. The van der Waals surface area contributed by atoms with E-state index >= 15 is 0 Å². The van der Waals surface area contributed by atoms with E-state index in [1.807, 2.05) is 0 Å². The van der Waals surface area contributed by atoms with Gasteiger partial charge in [0.2, 0.25) is 9.84 Å². The zero-order valence-electron chi connectivity index (χ0n) is 17.6. The van der Waals surface area contributed by atoms with Crippen LogP contribution >= 0.6 is 11.6 Å². The number of sulfone groups is 1. The molecular formula is C22H24ClN3O4S. The molecule has 1 aliphatic heterocycles.